The van der Waals surface area contributed by atoms with Crippen molar-refractivity contribution in [3.63, 3.8) is 0 Å². The van der Waals surface area contributed by atoms with Crippen LogP contribution < -0.4 is 0 Å². The minimum absolute atomic E-state index is 0.0298. The lowest BCUT2D eigenvalue weighted by molar-refractivity contribution is 0.104. The summed E-state index contributed by atoms with van der Waals surface area (Å²) in [6.45, 7) is 2.48. The lowest BCUT2D eigenvalue weighted by Gasteiger charge is -2.08. The number of benzene rings is 3. The summed E-state index contributed by atoms with van der Waals surface area (Å²) in [5.74, 6) is 0.0298. The first-order valence-corrected chi connectivity index (χ1v) is 8.43. The van der Waals surface area contributed by atoms with E-state index >= 15 is 0 Å². The Hall–Kier alpha value is -2.91. The fourth-order valence-corrected chi connectivity index (χ4v) is 3.66. The minimum atomic E-state index is 0.0298. The Morgan fingerprint density at radius 1 is 0.920 bits per heavy atom. The molecule has 0 aliphatic rings. The van der Waals surface area contributed by atoms with Crippen LogP contribution in [0.4, 0.5) is 0 Å². The number of carbonyl (C=O) groups excluding carboxylic acids is 1. The number of carbonyl (C=O) groups is 1. The Labute approximate surface area is 146 Å². The summed E-state index contributed by atoms with van der Waals surface area (Å²) in [7, 11) is 0. The molecule has 0 amide bonds. The molecule has 4 aromatic rings. The molecule has 0 aliphatic heterocycles. The van der Waals surface area contributed by atoms with E-state index < -0.39 is 0 Å². The topological polar surface area (TPSA) is 42.2 Å². The van der Waals surface area contributed by atoms with Gasteiger partial charge in [0.2, 0.25) is 0 Å². The molecule has 0 bridgehead atoms. The van der Waals surface area contributed by atoms with E-state index in [1.165, 1.54) is 0 Å². The van der Waals surface area contributed by atoms with Crippen molar-refractivity contribution in [2.45, 2.75) is 13.5 Å². The summed E-state index contributed by atoms with van der Waals surface area (Å²) in [5.41, 5.74) is 3.32. The van der Waals surface area contributed by atoms with Crippen molar-refractivity contribution < 1.29 is 9.90 Å². The van der Waals surface area contributed by atoms with E-state index in [-0.39, 0.29) is 12.4 Å². The summed E-state index contributed by atoms with van der Waals surface area (Å²) in [5, 5.41) is 12.4. The standard InChI is InChI=1S/C22H19NO2/c1-15-21(19-10-4-5-12-20(19)23(15)13-14-24)22(25)18-11-6-8-16-7-2-3-9-17(16)18/h2-12,24H,13-14H2,1H3. The van der Waals surface area contributed by atoms with Gasteiger partial charge in [0, 0.05) is 28.7 Å². The molecule has 1 aromatic heterocycles. The van der Waals surface area contributed by atoms with Crippen LogP contribution in [0, 0.1) is 6.92 Å². The number of hydrogen-bond acceptors (Lipinski definition) is 2. The van der Waals surface area contributed by atoms with Gasteiger partial charge in [0.05, 0.1) is 12.2 Å². The predicted molar refractivity (Wildman–Crippen MR) is 101 cm³/mol. The Morgan fingerprint density at radius 3 is 2.40 bits per heavy atom. The first-order valence-electron chi connectivity index (χ1n) is 8.43. The van der Waals surface area contributed by atoms with Gasteiger partial charge in [-0.2, -0.15) is 0 Å². The monoisotopic (exact) mass is 329 g/mol. The van der Waals surface area contributed by atoms with Crippen LogP contribution >= 0.6 is 0 Å². The third kappa shape index (κ3) is 2.44. The smallest absolute Gasteiger partial charge is 0.196 e. The largest absolute Gasteiger partial charge is 0.395 e. The molecule has 0 saturated heterocycles. The van der Waals surface area contributed by atoms with Crippen LogP contribution in [0.5, 0.6) is 0 Å². The van der Waals surface area contributed by atoms with Crippen molar-refractivity contribution in [1.82, 2.24) is 4.57 Å². The third-order valence-corrected chi connectivity index (χ3v) is 4.82. The van der Waals surface area contributed by atoms with Crippen molar-refractivity contribution in [1.29, 1.82) is 0 Å². The second-order valence-electron chi connectivity index (χ2n) is 6.21. The molecule has 1 N–H and O–H groups in total. The van der Waals surface area contributed by atoms with Gasteiger partial charge < -0.3 is 9.67 Å². The zero-order valence-corrected chi connectivity index (χ0v) is 14.1. The van der Waals surface area contributed by atoms with Crippen LogP contribution in [-0.4, -0.2) is 22.1 Å². The molecule has 1 heterocycles. The van der Waals surface area contributed by atoms with Gasteiger partial charge in [-0.25, -0.2) is 0 Å². The Bertz CT molecular complexity index is 1090. The lowest BCUT2D eigenvalue weighted by Crippen LogP contribution is -2.07. The summed E-state index contributed by atoms with van der Waals surface area (Å²) in [6.07, 6.45) is 0. The van der Waals surface area contributed by atoms with Crippen LogP contribution in [0.3, 0.4) is 0 Å². The fraction of sp³-hybridized carbons (Fsp3) is 0.136. The Balaban J connectivity index is 1.98. The van der Waals surface area contributed by atoms with Crippen LogP contribution in [-0.2, 0) is 6.54 Å². The first kappa shape index (κ1) is 15.6. The van der Waals surface area contributed by atoms with E-state index in [0.29, 0.717) is 12.1 Å². The van der Waals surface area contributed by atoms with E-state index in [2.05, 4.69) is 0 Å². The van der Waals surface area contributed by atoms with Crippen molar-refractivity contribution >= 4 is 27.5 Å². The molecular formula is C22H19NO2. The van der Waals surface area contributed by atoms with Gasteiger partial charge in [-0.05, 0) is 23.8 Å². The number of aromatic nitrogens is 1. The van der Waals surface area contributed by atoms with Gasteiger partial charge in [-0.15, -0.1) is 0 Å². The minimum Gasteiger partial charge on any atom is -0.395 e. The number of nitrogens with zero attached hydrogens (tertiary/aromatic N) is 1. The molecule has 0 aliphatic carbocycles. The molecule has 4 rings (SSSR count). The molecule has 0 unspecified atom stereocenters. The predicted octanol–water partition coefficient (Wildman–Crippen LogP) is 4.33. The molecule has 0 saturated carbocycles. The molecule has 0 radical (unpaired) electrons. The molecular weight excluding hydrogens is 310 g/mol. The fourth-order valence-electron chi connectivity index (χ4n) is 3.66. The second kappa shape index (κ2) is 6.19. The Morgan fingerprint density at radius 2 is 1.60 bits per heavy atom. The van der Waals surface area contributed by atoms with Crippen molar-refractivity contribution in [2.24, 2.45) is 0 Å². The van der Waals surface area contributed by atoms with Crippen LogP contribution in [0.2, 0.25) is 0 Å². The van der Waals surface area contributed by atoms with Gasteiger partial charge in [0.1, 0.15) is 0 Å². The SMILES string of the molecule is Cc1c(C(=O)c2cccc3ccccc23)c2ccccc2n1CCO. The van der Waals surface area contributed by atoms with E-state index in [1.54, 1.807) is 0 Å². The molecule has 3 heteroatoms. The number of fused-ring (bicyclic) bond motifs is 2. The number of aliphatic hydroxyl groups excluding tert-OH is 1. The molecule has 0 atom stereocenters. The molecule has 0 spiro atoms. The highest BCUT2D eigenvalue weighted by Crippen LogP contribution is 2.30. The second-order valence-corrected chi connectivity index (χ2v) is 6.21. The highest BCUT2D eigenvalue weighted by molar-refractivity contribution is 6.22. The molecule has 3 nitrogen and oxygen atoms in total. The van der Waals surface area contributed by atoms with Gasteiger partial charge in [-0.3, -0.25) is 4.79 Å². The summed E-state index contributed by atoms with van der Waals surface area (Å²) >= 11 is 0. The first-order chi connectivity index (χ1) is 12.2. The van der Waals surface area contributed by atoms with E-state index in [4.69, 9.17) is 0 Å². The highest BCUT2D eigenvalue weighted by atomic mass is 16.3. The summed E-state index contributed by atoms with van der Waals surface area (Å²) in [4.78, 5) is 13.4. The average Bonchev–Trinajstić information content (AvgIpc) is 2.93. The highest BCUT2D eigenvalue weighted by Gasteiger charge is 2.21. The molecule has 3 aromatic carbocycles. The van der Waals surface area contributed by atoms with Gasteiger partial charge in [0.15, 0.2) is 5.78 Å². The molecule has 25 heavy (non-hydrogen) atoms. The van der Waals surface area contributed by atoms with E-state index in [9.17, 15) is 9.90 Å². The maximum Gasteiger partial charge on any atom is 0.196 e. The van der Waals surface area contributed by atoms with Gasteiger partial charge >= 0.3 is 0 Å². The van der Waals surface area contributed by atoms with Crippen LogP contribution in [0.15, 0.2) is 66.7 Å². The van der Waals surface area contributed by atoms with E-state index in [0.717, 1.165) is 32.9 Å². The molecule has 0 fully saturated rings. The molecule has 124 valence electrons. The maximum atomic E-state index is 13.4. The zero-order valence-electron chi connectivity index (χ0n) is 14.1. The quantitative estimate of drug-likeness (QED) is 0.566. The summed E-state index contributed by atoms with van der Waals surface area (Å²) in [6, 6.07) is 21.7. The number of hydrogen-bond donors (Lipinski definition) is 1. The average molecular weight is 329 g/mol. The van der Waals surface area contributed by atoms with Crippen molar-refractivity contribution in [2.75, 3.05) is 6.61 Å². The van der Waals surface area contributed by atoms with Gasteiger partial charge in [0.25, 0.3) is 0 Å². The summed E-state index contributed by atoms with van der Waals surface area (Å²) < 4.78 is 2.02. The van der Waals surface area contributed by atoms with E-state index in [1.807, 2.05) is 78.2 Å². The third-order valence-electron chi connectivity index (χ3n) is 4.82. The number of ketones is 1. The van der Waals surface area contributed by atoms with Gasteiger partial charge in [-0.1, -0.05) is 60.7 Å². The van der Waals surface area contributed by atoms with Crippen LogP contribution in [0.25, 0.3) is 21.7 Å². The van der Waals surface area contributed by atoms with Crippen LogP contribution in [0.1, 0.15) is 21.6 Å². The lowest BCUT2D eigenvalue weighted by atomic mass is 9.95. The zero-order chi connectivity index (χ0) is 17.4. The maximum absolute atomic E-state index is 13.4. The van der Waals surface area contributed by atoms with Crippen molar-refractivity contribution in [3.05, 3.63) is 83.6 Å². The number of para-hydroxylation sites is 1. The van der Waals surface area contributed by atoms with Crippen molar-refractivity contribution in [3.8, 4) is 0 Å². The normalized spacial score (nSPS) is 11.3. The number of aliphatic hydroxyl groups is 1. The number of rotatable bonds is 4. The Kier molecular flexibility index (Phi) is 3.86.